The summed E-state index contributed by atoms with van der Waals surface area (Å²) in [5.74, 6) is 0.707. The van der Waals surface area contributed by atoms with Gasteiger partial charge in [-0.15, -0.1) is 0 Å². The normalized spacial score (nSPS) is 34.5. The topological polar surface area (TPSA) is 32.3 Å². The molecule has 1 saturated heterocycles. The van der Waals surface area contributed by atoms with Gasteiger partial charge in [-0.2, -0.15) is 0 Å². The van der Waals surface area contributed by atoms with Gasteiger partial charge in [0.15, 0.2) is 0 Å². The van der Waals surface area contributed by atoms with E-state index in [2.05, 4.69) is 38.0 Å². The molecule has 102 valence electrons. The molecule has 1 aliphatic heterocycles. The van der Waals surface area contributed by atoms with Crippen LogP contribution in [0.1, 0.15) is 33.6 Å². The Morgan fingerprint density at radius 1 is 1.47 bits per heavy atom. The van der Waals surface area contributed by atoms with Crippen molar-refractivity contribution in [2.75, 3.05) is 26.4 Å². The fourth-order valence-corrected chi connectivity index (χ4v) is 2.91. The molecule has 0 saturated carbocycles. The third-order valence-electron chi connectivity index (χ3n) is 4.13. The summed E-state index contributed by atoms with van der Waals surface area (Å²) >= 11 is 0. The van der Waals surface area contributed by atoms with E-state index in [0.717, 1.165) is 13.0 Å². The number of nitrogens with one attached hydrogen (secondary N) is 1. The molecular formula is C13H28N2OS. The van der Waals surface area contributed by atoms with Crippen molar-refractivity contribution in [1.29, 1.82) is 0 Å². The second-order valence-electron chi connectivity index (χ2n) is 5.66. The molecule has 0 amide bonds. The van der Waals surface area contributed by atoms with Gasteiger partial charge in [-0.1, -0.05) is 13.8 Å². The van der Waals surface area contributed by atoms with E-state index >= 15 is 0 Å². The Balaban J connectivity index is 2.29. The van der Waals surface area contributed by atoms with Crippen molar-refractivity contribution in [2.24, 2.45) is 5.92 Å². The molecule has 0 aliphatic carbocycles. The van der Waals surface area contributed by atoms with Gasteiger partial charge in [0.25, 0.3) is 0 Å². The Labute approximate surface area is 109 Å². The Hall–Kier alpha value is 0.0700. The van der Waals surface area contributed by atoms with Crippen LogP contribution >= 0.6 is 0 Å². The molecule has 0 aromatic rings. The van der Waals surface area contributed by atoms with Gasteiger partial charge < -0.3 is 10.2 Å². The molecule has 0 bridgehead atoms. The summed E-state index contributed by atoms with van der Waals surface area (Å²) in [4.78, 5) is 2.44. The predicted octanol–water partition coefficient (Wildman–Crippen LogP) is 1.46. The number of likely N-dealkylation sites (tertiary alicyclic amines) is 1. The van der Waals surface area contributed by atoms with Crippen LogP contribution in [0.3, 0.4) is 0 Å². The van der Waals surface area contributed by atoms with Crippen molar-refractivity contribution in [3.05, 3.63) is 0 Å². The summed E-state index contributed by atoms with van der Waals surface area (Å²) in [6.45, 7) is 8.85. The summed E-state index contributed by atoms with van der Waals surface area (Å²) in [5.41, 5.74) is 0. The van der Waals surface area contributed by atoms with E-state index in [0.29, 0.717) is 23.3 Å². The van der Waals surface area contributed by atoms with Gasteiger partial charge in [0.2, 0.25) is 0 Å². The number of hydrogen-bond donors (Lipinski definition) is 1. The molecular weight excluding hydrogens is 232 g/mol. The van der Waals surface area contributed by atoms with Crippen LogP contribution in [0.15, 0.2) is 0 Å². The van der Waals surface area contributed by atoms with Crippen molar-refractivity contribution < 1.29 is 4.21 Å². The molecule has 4 heteroatoms. The maximum absolute atomic E-state index is 11.3. The van der Waals surface area contributed by atoms with Gasteiger partial charge in [0.1, 0.15) is 0 Å². The molecule has 1 aliphatic rings. The van der Waals surface area contributed by atoms with Crippen LogP contribution in [-0.2, 0) is 10.8 Å². The monoisotopic (exact) mass is 260 g/mol. The van der Waals surface area contributed by atoms with Crippen molar-refractivity contribution in [3.8, 4) is 0 Å². The number of nitrogens with zero attached hydrogens (tertiary/aromatic N) is 1. The highest BCUT2D eigenvalue weighted by Gasteiger charge is 2.28. The molecule has 1 heterocycles. The number of rotatable bonds is 5. The fourth-order valence-electron chi connectivity index (χ4n) is 2.46. The van der Waals surface area contributed by atoms with Gasteiger partial charge in [-0.25, -0.2) is 0 Å². The third-order valence-corrected chi connectivity index (χ3v) is 5.50. The quantitative estimate of drug-likeness (QED) is 0.812. The van der Waals surface area contributed by atoms with Gasteiger partial charge in [-0.3, -0.25) is 4.21 Å². The highest BCUT2D eigenvalue weighted by atomic mass is 32.2. The van der Waals surface area contributed by atoms with Crippen molar-refractivity contribution >= 4 is 10.8 Å². The smallest absolute Gasteiger partial charge is 0.0329 e. The first kappa shape index (κ1) is 15.1. The summed E-state index contributed by atoms with van der Waals surface area (Å²) in [6, 6.07) is 1.29. The molecule has 5 atom stereocenters. The zero-order chi connectivity index (χ0) is 13.0. The van der Waals surface area contributed by atoms with E-state index in [1.54, 1.807) is 6.26 Å². The molecule has 0 aromatic heterocycles. The van der Waals surface area contributed by atoms with Crippen LogP contribution < -0.4 is 5.32 Å². The van der Waals surface area contributed by atoms with Crippen LogP contribution in [0.25, 0.3) is 0 Å². The average Bonchev–Trinajstić information content (AvgIpc) is 2.25. The Kier molecular flexibility index (Phi) is 6.10. The lowest BCUT2D eigenvalue weighted by Crippen LogP contribution is -2.51. The standard InChI is InChI=1S/C13H28N2OS/c1-10-9-15(4)11(2)8-13(10)14-7-6-12(3)17(5)16/h10-14H,6-9H2,1-5H3. The molecule has 1 rings (SSSR count). The Morgan fingerprint density at radius 3 is 2.71 bits per heavy atom. The van der Waals surface area contributed by atoms with Crippen LogP contribution in [0.2, 0.25) is 0 Å². The second-order valence-corrected chi connectivity index (χ2v) is 7.46. The summed E-state index contributed by atoms with van der Waals surface area (Å²) in [6.07, 6.45) is 4.03. The van der Waals surface area contributed by atoms with Crippen LogP contribution in [0.5, 0.6) is 0 Å². The zero-order valence-electron chi connectivity index (χ0n) is 11.9. The molecule has 0 spiro atoms. The minimum Gasteiger partial charge on any atom is -0.314 e. The lowest BCUT2D eigenvalue weighted by Gasteiger charge is -2.40. The van der Waals surface area contributed by atoms with E-state index in [4.69, 9.17) is 0 Å². The molecule has 3 nitrogen and oxygen atoms in total. The largest absolute Gasteiger partial charge is 0.314 e. The first-order valence-electron chi connectivity index (χ1n) is 6.67. The molecule has 1 N–H and O–H groups in total. The highest BCUT2D eigenvalue weighted by molar-refractivity contribution is 7.84. The average molecular weight is 260 g/mol. The molecule has 17 heavy (non-hydrogen) atoms. The maximum Gasteiger partial charge on any atom is 0.0329 e. The number of hydrogen-bond acceptors (Lipinski definition) is 3. The van der Waals surface area contributed by atoms with E-state index in [1.807, 2.05) is 0 Å². The third kappa shape index (κ3) is 4.68. The van der Waals surface area contributed by atoms with Crippen LogP contribution in [-0.4, -0.2) is 52.8 Å². The zero-order valence-corrected chi connectivity index (χ0v) is 12.7. The van der Waals surface area contributed by atoms with E-state index in [1.165, 1.54) is 13.0 Å². The first-order valence-corrected chi connectivity index (χ1v) is 8.29. The summed E-state index contributed by atoms with van der Waals surface area (Å²) < 4.78 is 11.3. The molecule has 1 fully saturated rings. The van der Waals surface area contributed by atoms with Crippen molar-refractivity contribution in [1.82, 2.24) is 10.2 Å². The predicted molar refractivity (Wildman–Crippen MR) is 75.8 cm³/mol. The van der Waals surface area contributed by atoms with Gasteiger partial charge >= 0.3 is 0 Å². The molecule has 0 radical (unpaired) electrons. The number of piperidine rings is 1. The maximum atomic E-state index is 11.3. The summed E-state index contributed by atoms with van der Waals surface area (Å²) in [7, 11) is 1.52. The van der Waals surface area contributed by atoms with Crippen molar-refractivity contribution in [3.63, 3.8) is 0 Å². The first-order chi connectivity index (χ1) is 7.91. The van der Waals surface area contributed by atoms with Gasteiger partial charge in [-0.05, 0) is 39.3 Å². The van der Waals surface area contributed by atoms with E-state index < -0.39 is 10.8 Å². The Morgan fingerprint density at radius 2 is 2.12 bits per heavy atom. The SMILES string of the molecule is CC1CN(C)C(C)CC1NCCC(C)S(C)=O. The van der Waals surface area contributed by atoms with Crippen LogP contribution in [0, 0.1) is 5.92 Å². The molecule has 5 unspecified atom stereocenters. The summed E-state index contributed by atoms with van der Waals surface area (Å²) in [5, 5.41) is 3.95. The minimum absolute atomic E-state index is 0.307. The van der Waals surface area contributed by atoms with Gasteiger partial charge in [0.05, 0.1) is 0 Å². The minimum atomic E-state index is -0.686. The lowest BCUT2D eigenvalue weighted by atomic mass is 9.90. The Bertz CT molecular complexity index is 260. The van der Waals surface area contributed by atoms with Crippen LogP contribution in [0.4, 0.5) is 0 Å². The lowest BCUT2D eigenvalue weighted by molar-refractivity contribution is 0.122. The second kappa shape index (κ2) is 6.86. The highest BCUT2D eigenvalue weighted by Crippen LogP contribution is 2.20. The fraction of sp³-hybridized carbons (Fsp3) is 1.00. The van der Waals surface area contributed by atoms with Gasteiger partial charge in [0, 0.05) is 40.9 Å². The van der Waals surface area contributed by atoms with E-state index in [9.17, 15) is 4.21 Å². The van der Waals surface area contributed by atoms with E-state index in [-0.39, 0.29) is 0 Å². The molecule has 0 aromatic carbocycles. The van der Waals surface area contributed by atoms with Crippen molar-refractivity contribution in [2.45, 2.75) is 50.9 Å².